The zero-order valence-corrected chi connectivity index (χ0v) is 20.0. The smallest absolute Gasteiger partial charge is 0.407 e. The first-order valence-corrected chi connectivity index (χ1v) is 12.6. The third-order valence-corrected chi connectivity index (χ3v) is 7.78. The van der Waals surface area contributed by atoms with Gasteiger partial charge in [-0.25, -0.2) is 13.2 Å². The summed E-state index contributed by atoms with van der Waals surface area (Å²) in [6, 6.07) is 18.4. The predicted molar refractivity (Wildman–Crippen MR) is 131 cm³/mol. The number of benzene rings is 3. The lowest BCUT2D eigenvalue weighted by Crippen LogP contribution is -2.47. The van der Waals surface area contributed by atoms with Gasteiger partial charge in [-0.15, -0.1) is 0 Å². The lowest BCUT2D eigenvalue weighted by atomic mass is 9.98. The number of carbonyl (C=O) groups excluding carboxylic acids is 1. The number of halogens is 1. The quantitative estimate of drug-likeness (QED) is 0.360. The van der Waals surface area contributed by atoms with E-state index >= 15 is 0 Å². The van der Waals surface area contributed by atoms with E-state index in [-0.39, 0.29) is 23.7 Å². The summed E-state index contributed by atoms with van der Waals surface area (Å²) in [5.41, 5.74) is 1.88. The lowest BCUT2D eigenvalue weighted by Gasteiger charge is -2.37. The molecule has 1 atom stereocenters. The molecule has 3 aromatic rings. The SMILES string of the molecule is O=C(NCc1cccc([N+](=O)[O-])c1)OCC1CCc2ccccc2N1S(=O)(=O)c1ccc(Cl)cc1. The Hall–Kier alpha value is -3.63. The van der Waals surface area contributed by atoms with E-state index in [0.29, 0.717) is 29.1 Å². The van der Waals surface area contributed by atoms with Gasteiger partial charge in [0.2, 0.25) is 0 Å². The van der Waals surface area contributed by atoms with Crippen molar-refractivity contribution in [2.75, 3.05) is 10.9 Å². The predicted octanol–water partition coefficient (Wildman–Crippen LogP) is 4.68. The summed E-state index contributed by atoms with van der Waals surface area (Å²) in [5, 5.41) is 13.9. The largest absolute Gasteiger partial charge is 0.447 e. The monoisotopic (exact) mass is 515 g/mol. The van der Waals surface area contributed by atoms with Crippen LogP contribution in [0.5, 0.6) is 0 Å². The van der Waals surface area contributed by atoms with E-state index in [1.807, 2.05) is 12.1 Å². The summed E-state index contributed by atoms with van der Waals surface area (Å²) >= 11 is 5.93. The number of hydrogen-bond donors (Lipinski definition) is 1. The standard InChI is InChI=1S/C24H22ClN3O6S/c25-19-9-12-22(13-10-19)35(32,33)27-21(11-8-18-5-1-2-7-23(18)27)16-34-24(29)26-15-17-4-3-6-20(14-17)28(30)31/h1-7,9-10,12-14,21H,8,11,15-16H2,(H,26,29). The summed E-state index contributed by atoms with van der Waals surface area (Å²) in [6.07, 6.45) is 0.341. The Kier molecular flexibility index (Phi) is 7.23. The van der Waals surface area contributed by atoms with Crippen molar-refractivity contribution in [3.05, 3.63) is 99.1 Å². The van der Waals surface area contributed by atoms with E-state index in [2.05, 4.69) is 5.32 Å². The molecule has 1 unspecified atom stereocenters. The molecule has 1 heterocycles. The second-order valence-electron chi connectivity index (χ2n) is 7.96. The number of alkyl carbamates (subject to hydrolysis) is 1. The third kappa shape index (κ3) is 5.55. The highest BCUT2D eigenvalue weighted by Gasteiger charge is 2.36. The van der Waals surface area contributed by atoms with Gasteiger partial charge in [0, 0.05) is 23.7 Å². The van der Waals surface area contributed by atoms with E-state index in [4.69, 9.17) is 16.3 Å². The number of sulfonamides is 1. The van der Waals surface area contributed by atoms with Gasteiger partial charge in [-0.05, 0) is 54.3 Å². The van der Waals surface area contributed by atoms with Crippen LogP contribution in [0, 0.1) is 10.1 Å². The van der Waals surface area contributed by atoms with Crippen molar-refractivity contribution in [3.8, 4) is 0 Å². The van der Waals surface area contributed by atoms with E-state index in [1.54, 1.807) is 18.2 Å². The number of non-ortho nitro benzene ring substituents is 1. The molecular weight excluding hydrogens is 494 g/mol. The first-order chi connectivity index (χ1) is 16.8. The van der Waals surface area contributed by atoms with Gasteiger partial charge < -0.3 is 10.1 Å². The van der Waals surface area contributed by atoms with Gasteiger partial charge in [0.05, 0.1) is 21.5 Å². The zero-order valence-electron chi connectivity index (χ0n) is 18.5. The first kappa shape index (κ1) is 24.5. The average molecular weight is 516 g/mol. The molecule has 1 N–H and O–H groups in total. The number of carbonyl (C=O) groups is 1. The summed E-state index contributed by atoms with van der Waals surface area (Å²) in [5.74, 6) is 0. The number of nitro groups is 1. The third-order valence-electron chi connectivity index (χ3n) is 5.64. The Labute approximate surface area is 207 Å². The molecule has 0 aliphatic carbocycles. The van der Waals surface area contributed by atoms with Gasteiger partial charge in [0.25, 0.3) is 15.7 Å². The number of aryl methyl sites for hydroxylation is 1. The Morgan fingerprint density at radius 2 is 1.86 bits per heavy atom. The minimum Gasteiger partial charge on any atom is -0.447 e. The molecule has 0 radical (unpaired) electrons. The van der Waals surface area contributed by atoms with E-state index in [0.717, 1.165) is 5.56 Å². The van der Waals surface area contributed by atoms with Crippen LogP contribution in [0.4, 0.5) is 16.2 Å². The van der Waals surface area contributed by atoms with Crippen LogP contribution in [0.3, 0.4) is 0 Å². The van der Waals surface area contributed by atoms with Crippen LogP contribution in [0.2, 0.25) is 5.02 Å². The van der Waals surface area contributed by atoms with Gasteiger partial charge in [0.1, 0.15) is 6.61 Å². The van der Waals surface area contributed by atoms with Crippen LogP contribution >= 0.6 is 11.6 Å². The summed E-state index contributed by atoms with van der Waals surface area (Å²) in [6.45, 7) is -0.136. The van der Waals surface area contributed by atoms with Crippen molar-refractivity contribution in [2.24, 2.45) is 0 Å². The van der Waals surface area contributed by atoms with Crippen LogP contribution in [0.15, 0.2) is 77.7 Å². The summed E-state index contributed by atoms with van der Waals surface area (Å²) < 4.78 is 33.8. The Bertz CT molecular complexity index is 1350. The molecule has 0 fully saturated rings. The molecule has 0 spiro atoms. The summed E-state index contributed by atoms with van der Waals surface area (Å²) in [7, 11) is -3.96. The zero-order chi connectivity index (χ0) is 25.0. The molecular formula is C24H22ClN3O6S. The maximum Gasteiger partial charge on any atom is 0.407 e. The maximum atomic E-state index is 13.6. The van der Waals surface area contributed by atoms with Crippen molar-refractivity contribution in [1.29, 1.82) is 0 Å². The number of para-hydroxylation sites is 1. The van der Waals surface area contributed by atoms with Gasteiger partial charge in [-0.3, -0.25) is 14.4 Å². The van der Waals surface area contributed by atoms with Crippen LogP contribution in [-0.4, -0.2) is 32.1 Å². The fraction of sp³-hybridized carbons (Fsp3) is 0.208. The molecule has 1 aliphatic heterocycles. The molecule has 0 saturated heterocycles. The van der Waals surface area contributed by atoms with Crippen molar-refractivity contribution in [1.82, 2.24) is 5.32 Å². The van der Waals surface area contributed by atoms with Crippen LogP contribution in [0.25, 0.3) is 0 Å². The minimum absolute atomic E-state index is 0.0286. The van der Waals surface area contributed by atoms with E-state index in [9.17, 15) is 23.3 Å². The molecule has 1 aliphatic rings. The highest BCUT2D eigenvalue weighted by molar-refractivity contribution is 7.92. The van der Waals surface area contributed by atoms with E-state index in [1.165, 1.54) is 46.8 Å². The number of nitrogens with one attached hydrogen (secondary N) is 1. The lowest BCUT2D eigenvalue weighted by molar-refractivity contribution is -0.384. The topological polar surface area (TPSA) is 119 Å². The van der Waals surface area contributed by atoms with Gasteiger partial charge >= 0.3 is 6.09 Å². The molecule has 4 rings (SSSR count). The molecule has 0 bridgehead atoms. The number of nitrogens with zero attached hydrogens (tertiary/aromatic N) is 2. The number of amides is 1. The second kappa shape index (κ2) is 10.3. The average Bonchev–Trinajstić information content (AvgIpc) is 2.86. The molecule has 35 heavy (non-hydrogen) atoms. The fourth-order valence-electron chi connectivity index (χ4n) is 3.95. The number of anilines is 1. The number of rotatable bonds is 7. The number of hydrogen-bond acceptors (Lipinski definition) is 6. The van der Waals surface area contributed by atoms with Crippen molar-refractivity contribution >= 4 is 39.1 Å². The molecule has 11 heteroatoms. The van der Waals surface area contributed by atoms with Gasteiger partial charge in [0.15, 0.2) is 0 Å². The fourth-order valence-corrected chi connectivity index (χ4v) is 5.78. The highest BCUT2D eigenvalue weighted by Crippen LogP contribution is 2.35. The maximum absolute atomic E-state index is 13.6. The van der Waals surface area contributed by atoms with Gasteiger partial charge in [-0.1, -0.05) is 41.9 Å². The van der Waals surface area contributed by atoms with Crippen LogP contribution in [0.1, 0.15) is 17.5 Å². The number of ether oxygens (including phenoxy) is 1. The molecule has 182 valence electrons. The highest BCUT2D eigenvalue weighted by atomic mass is 35.5. The molecule has 3 aromatic carbocycles. The Balaban J connectivity index is 1.49. The molecule has 1 amide bonds. The van der Waals surface area contributed by atoms with E-state index < -0.39 is 27.1 Å². The summed E-state index contributed by atoms with van der Waals surface area (Å²) in [4.78, 5) is 22.8. The number of fused-ring (bicyclic) bond motifs is 1. The van der Waals surface area contributed by atoms with Gasteiger partial charge in [-0.2, -0.15) is 0 Å². The van der Waals surface area contributed by atoms with Crippen molar-refractivity contribution in [2.45, 2.75) is 30.3 Å². The van der Waals surface area contributed by atoms with Crippen molar-refractivity contribution < 1.29 is 22.9 Å². The number of nitro benzene ring substituents is 1. The Morgan fingerprint density at radius 3 is 2.60 bits per heavy atom. The van der Waals surface area contributed by atoms with Crippen LogP contribution in [-0.2, 0) is 27.7 Å². The molecule has 0 aromatic heterocycles. The molecule has 0 saturated carbocycles. The Morgan fingerprint density at radius 1 is 1.11 bits per heavy atom. The normalized spacial score (nSPS) is 15.2. The molecule has 9 nitrogen and oxygen atoms in total. The van der Waals surface area contributed by atoms with Crippen LogP contribution < -0.4 is 9.62 Å². The second-order valence-corrected chi connectivity index (χ2v) is 10.2. The first-order valence-electron chi connectivity index (χ1n) is 10.8. The van der Waals surface area contributed by atoms with Crippen molar-refractivity contribution in [3.63, 3.8) is 0 Å². The minimum atomic E-state index is -3.96.